The molecule has 2 aromatic carbocycles. The summed E-state index contributed by atoms with van der Waals surface area (Å²) in [5.74, 6) is 0.695. The van der Waals surface area contributed by atoms with E-state index in [1.54, 1.807) is 25.1 Å². The van der Waals surface area contributed by atoms with Gasteiger partial charge in [-0.3, -0.25) is 10.1 Å². The van der Waals surface area contributed by atoms with Gasteiger partial charge in [0.05, 0.1) is 27.6 Å². The number of nitrogens with zero attached hydrogens (tertiary/aromatic N) is 2. The molecular weight excluding hydrogens is 280 g/mol. The largest absolute Gasteiger partial charge is 0.455 e. The zero-order chi connectivity index (χ0) is 14.7. The molecule has 2 aromatic rings. The first kappa shape index (κ1) is 13.8. The molecule has 0 fully saturated rings. The second-order valence-electron chi connectivity index (χ2n) is 4.07. The Labute approximate surface area is 120 Å². The van der Waals surface area contributed by atoms with Crippen LogP contribution in [0.2, 0.25) is 5.02 Å². The van der Waals surface area contributed by atoms with Crippen molar-refractivity contribution in [1.82, 2.24) is 0 Å². The fraction of sp³-hybridized carbons (Fsp3) is 0.0714. The first-order valence-electron chi connectivity index (χ1n) is 5.64. The average molecular weight is 289 g/mol. The number of hydrogen-bond acceptors (Lipinski definition) is 4. The van der Waals surface area contributed by atoms with E-state index in [1.807, 2.05) is 6.07 Å². The highest BCUT2D eigenvalue weighted by atomic mass is 35.5. The van der Waals surface area contributed by atoms with Crippen LogP contribution in [0.1, 0.15) is 11.1 Å². The lowest BCUT2D eigenvalue weighted by molar-refractivity contribution is -0.384. The molecule has 6 heteroatoms. The minimum Gasteiger partial charge on any atom is -0.455 e. The highest BCUT2D eigenvalue weighted by Gasteiger charge is 2.12. The standard InChI is InChI=1S/C14H9ClN2O3/c1-9-2-4-11(17(18)19)7-14(9)20-13-5-3-10(8-16)6-12(13)15/h2-7H,1H3. The Morgan fingerprint density at radius 1 is 1.25 bits per heavy atom. The molecule has 0 amide bonds. The molecule has 0 saturated carbocycles. The highest BCUT2D eigenvalue weighted by Crippen LogP contribution is 2.33. The predicted molar refractivity (Wildman–Crippen MR) is 74.1 cm³/mol. The maximum absolute atomic E-state index is 10.8. The smallest absolute Gasteiger partial charge is 0.273 e. The third kappa shape index (κ3) is 2.87. The van der Waals surface area contributed by atoms with Crippen LogP contribution in [-0.4, -0.2) is 4.92 Å². The summed E-state index contributed by atoms with van der Waals surface area (Å²) >= 11 is 6.00. The van der Waals surface area contributed by atoms with Crippen molar-refractivity contribution >= 4 is 17.3 Å². The van der Waals surface area contributed by atoms with Crippen molar-refractivity contribution in [2.45, 2.75) is 6.92 Å². The molecular formula is C14H9ClN2O3. The molecule has 5 nitrogen and oxygen atoms in total. The third-order valence-corrected chi connectivity index (χ3v) is 2.96. The molecule has 0 aliphatic heterocycles. The van der Waals surface area contributed by atoms with Crippen molar-refractivity contribution in [1.29, 1.82) is 5.26 Å². The number of nitro benzene ring substituents is 1. The Morgan fingerprint density at radius 3 is 2.60 bits per heavy atom. The number of hydrogen-bond donors (Lipinski definition) is 0. The second kappa shape index (κ2) is 5.59. The number of nitro groups is 1. The van der Waals surface area contributed by atoms with Gasteiger partial charge in [0.25, 0.3) is 5.69 Å². The summed E-state index contributed by atoms with van der Waals surface area (Å²) in [7, 11) is 0. The number of non-ortho nitro benzene ring substituents is 1. The van der Waals surface area contributed by atoms with E-state index in [-0.39, 0.29) is 10.7 Å². The Morgan fingerprint density at radius 2 is 2.00 bits per heavy atom. The summed E-state index contributed by atoms with van der Waals surface area (Å²) in [4.78, 5) is 10.3. The van der Waals surface area contributed by atoms with Gasteiger partial charge >= 0.3 is 0 Å². The summed E-state index contributed by atoms with van der Waals surface area (Å²) in [6.45, 7) is 1.77. The summed E-state index contributed by atoms with van der Waals surface area (Å²) in [6, 6.07) is 10.9. The van der Waals surface area contributed by atoms with Crippen LogP contribution in [0.25, 0.3) is 0 Å². The number of halogens is 1. The molecule has 0 spiro atoms. The van der Waals surface area contributed by atoms with Gasteiger partial charge in [-0.05, 0) is 36.8 Å². The van der Waals surface area contributed by atoms with Crippen molar-refractivity contribution in [3.05, 3.63) is 62.7 Å². The summed E-state index contributed by atoms with van der Waals surface area (Å²) in [5.41, 5.74) is 1.10. The molecule has 20 heavy (non-hydrogen) atoms. The lowest BCUT2D eigenvalue weighted by Crippen LogP contribution is -1.92. The first-order chi connectivity index (χ1) is 9.51. The van der Waals surface area contributed by atoms with Gasteiger partial charge in [0.2, 0.25) is 0 Å². The maximum atomic E-state index is 10.8. The van der Waals surface area contributed by atoms with E-state index in [1.165, 1.54) is 18.2 Å². The SMILES string of the molecule is Cc1ccc([N+](=O)[O-])cc1Oc1ccc(C#N)cc1Cl. The molecule has 0 radical (unpaired) electrons. The fourth-order valence-electron chi connectivity index (χ4n) is 1.58. The molecule has 0 bridgehead atoms. The number of benzene rings is 2. The minimum absolute atomic E-state index is 0.0598. The molecule has 2 rings (SSSR count). The molecule has 0 saturated heterocycles. The maximum Gasteiger partial charge on any atom is 0.273 e. The van der Waals surface area contributed by atoms with Crippen LogP contribution in [0.15, 0.2) is 36.4 Å². The summed E-state index contributed by atoms with van der Waals surface area (Å²) in [6.07, 6.45) is 0. The molecule has 0 aliphatic carbocycles. The van der Waals surface area contributed by atoms with Crippen LogP contribution in [0, 0.1) is 28.4 Å². The second-order valence-corrected chi connectivity index (χ2v) is 4.47. The van der Waals surface area contributed by atoms with E-state index in [9.17, 15) is 10.1 Å². The Balaban J connectivity index is 2.37. The molecule has 0 N–H and O–H groups in total. The zero-order valence-electron chi connectivity index (χ0n) is 10.5. The van der Waals surface area contributed by atoms with Crippen molar-refractivity contribution in [3.63, 3.8) is 0 Å². The van der Waals surface area contributed by atoms with Crippen molar-refractivity contribution in [2.75, 3.05) is 0 Å². The fourth-order valence-corrected chi connectivity index (χ4v) is 1.80. The highest BCUT2D eigenvalue weighted by molar-refractivity contribution is 6.32. The van der Waals surface area contributed by atoms with Crippen molar-refractivity contribution in [3.8, 4) is 17.6 Å². The van der Waals surface area contributed by atoms with Crippen LogP contribution < -0.4 is 4.74 Å². The van der Waals surface area contributed by atoms with E-state index < -0.39 is 4.92 Å². The van der Waals surface area contributed by atoms with E-state index in [0.29, 0.717) is 17.1 Å². The van der Waals surface area contributed by atoms with E-state index in [0.717, 1.165) is 5.56 Å². The molecule has 0 heterocycles. The molecule has 100 valence electrons. The van der Waals surface area contributed by atoms with Gasteiger partial charge < -0.3 is 4.74 Å². The molecule has 0 aliphatic rings. The minimum atomic E-state index is -0.493. The van der Waals surface area contributed by atoms with Crippen LogP contribution in [-0.2, 0) is 0 Å². The van der Waals surface area contributed by atoms with Gasteiger partial charge in [0, 0.05) is 6.07 Å². The van der Waals surface area contributed by atoms with E-state index in [2.05, 4.69) is 0 Å². The number of ether oxygens (including phenoxy) is 1. The van der Waals surface area contributed by atoms with Gasteiger partial charge in [-0.2, -0.15) is 5.26 Å². The van der Waals surface area contributed by atoms with E-state index >= 15 is 0 Å². The quantitative estimate of drug-likeness (QED) is 0.626. The Kier molecular flexibility index (Phi) is 3.87. The van der Waals surface area contributed by atoms with Crippen LogP contribution in [0.5, 0.6) is 11.5 Å². The monoisotopic (exact) mass is 288 g/mol. The molecule has 0 atom stereocenters. The van der Waals surface area contributed by atoms with Crippen LogP contribution in [0.3, 0.4) is 0 Å². The summed E-state index contributed by atoms with van der Waals surface area (Å²) < 4.78 is 5.58. The van der Waals surface area contributed by atoms with Crippen molar-refractivity contribution in [2.24, 2.45) is 0 Å². The first-order valence-corrected chi connectivity index (χ1v) is 6.01. The number of aryl methyl sites for hydroxylation is 1. The number of rotatable bonds is 3. The summed E-state index contributed by atoms with van der Waals surface area (Å²) in [5, 5.41) is 19.8. The van der Waals surface area contributed by atoms with Gasteiger partial charge in [-0.25, -0.2) is 0 Å². The van der Waals surface area contributed by atoms with Gasteiger partial charge in [0.15, 0.2) is 0 Å². The van der Waals surface area contributed by atoms with E-state index in [4.69, 9.17) is 21.6 Å². The van der Waals surface area contributed by atoms with Crippen LogP contribution in [0.4, 0.5) is 5.69 Å². The van der Waals surface area contributed by atoms with Gasteiger partial charge in [-0.1, -0.05) is 11.6 Å². The van der Waals surface area contributed by atoms with Gasteiger partial charge in [-0.15, -0.1) is 0 Å². The lowest BCUT2D eigenvalue weighted by atomic mass is 10.2. The third-order valence-electron chi connectivity index (χ3n) is 2.66. The van der Waals surface area contributed by atoms with Crippen LogP contribution >= 0.6 is 11.6 Å². The zero-order valence-corrected chi connectivity index (χ0v) is 11.2. The molecule has 0 unspecified atom stereocenters. The normalized spacial score (nSPS) is 9.85. The average Bonchev–Trinajstić information content (AvgIpc) is 2.42. The number of nitriles is 1. The Hall–Kier alpha value is -2.58. The predicted octanol–water partition coefficient (Wildman–Crippen LogP) is 4.22. The van der Waals surface area contributed by atoms with Gasteiger partial charge in [0.1, 0.15) is 11.5 Å². The topological polar surface area (TPSA) is 76.2 Å². The van der Waals surface area contributed by atoms with Crippen molar-refractivity contribution < 1.29 is 9.66 Å². The molecule has 0 aromatic heterocycles. The lowest BCUT2D eigenvalue weighted by Gasteiger charge is -2.10. The Bertz CT molecular complexity index is 723.